The zero-order valence-electron chi connectivity index (χ0n) is 26.8. The van der Waals surface area contributed by atoms with Gasteiger partial charge in [-0.3, -0.25) is 14.7 Å². The van der Waals surface area contributed by atoms with Crippen LogP contribution in [0.4, 0.5) is 0 Å². The summed E-state index contributed by atoms with van der Waals surface area (Å²) >= 11 is 0. The van der Waals surface area contributed by atoms with Gasteiger partial charge in [0.05, 0.1) is 41.2 Å². The van der Waals surface area contributed by atoms with E-state index < -0.39 is 0 Å². The molecule has 1 amide bonds. The zero-order chi connectivity index (χ0) is 31.9. The van der Waals surface area contributed by atoms with Crippen LogP contribution >= 0.6 is 0 Å². The molecule has 0 saturated carbocycles. The fourth-order valence-electron chi connectivity index (χ4n) is 5.88. The van der Waals surface area contributed by atoms with Crippen molar-refractivity contribution in [2.45, 2.75) is 19.1 Å². The molecule has 10 nitrogen and oxygen atoms in total. The summed E-state index contributed by atoms with van der Waals surface area (Å²) in [5, 5.41) is 0. The van der Waals surface area contributed by atoms with E-state index in [9.17, 15) is 4.79 Å². The minimum atomic E-state index is -0.233. The molecule has 1 aliphatic carbocycles. The first-order valence-electron chi connectivity index (χ1n) is 14.9. The molecule has 1 unspecified atom stereocenters. The van der Waals surface area contributed by atoms with Crippen LogP contribution in [0.1, 0.15) is 28.0 Å². The number of nitrogens with zero attached hydrogens (tertiary/aromatic N) is 3. The summed E-state index contributed by atoms with van der Waals surface area (Å²) in [5.41, 5.74) is 5.49. The van der Waals surface area contributed by atoms with E-state index in [0.29, 0.717) is 53.8 Å². The second-order valence-corrected chi connectivity index (χ2v) is 10.8. The summed E-state index contributed by atoms with van der Waals surface area (Å²) in [6, 6.07) is 15.6. The lowest BCUT2D eigenvalue weighted by atomic mass is 9.96. The van der Waals surface area contributed by atoms with Crippen molar-refractivity contribution in [2.24, 2.45) is 0 Å². The van der Waals surface area contributed by atoms with Gasteiger partial charge in [-0.15, -0.1) is 0 Å². The van der Waals surface area contributed by atoms with Crippen LogP contribution in [0.15, 0.2) is 72.3 Å². The van der Waals surface area contributed by atoms with Crippen LogP contribution in [-0.2, 0) is 20.8 Å². The Bertz CT molecular complexity index is 1550. The smallest absolute Gasteiger partial charge is 0.253 e. The highest BCUT2D eigenvalue weighted by atomic mass is 16.5. The Kier molecular flexibility index (Phi) is 10.3. The normalized spacial score (nSPS) is 17.1. The molecule has 0 bridgehead atoms. The Labute approximate surface area is 264 Å². The van der Waals surface area contributed by atoms with Gasteiger partial charge in [0.2, 0.25) is 5.75 Å². The molecular formula is C35H41N3O7. The van der Waals surface area contributed by atoms with Gasteiger partial charge in [0.1, 0.15) is 6.10 Å². The van der Waals surface area contributed by atoms with Crippen molar-refractivity contribution < 1.29 is 33.2 Å². The van der Waals surface area contributed by atoms with E-state index in [1.165, 1.54) is 0 Å². The maximum atomic E-state index is 13.6. The topological polar surface area (TPSA) is 91.8 Å². The molecular weight excluding hydrogens is 574 g/mol. The van der Waals surface area contributed by atoms with Crippen molar-refractivity contribution in [1.29, 1.82) is 0 Å². The van der Waals surface area contributed by atoms with E-state index in [1.807, 2.05) is 59.6 Å². The lowest BCUT2D eigenvalue weighted by Crippen LogP contribution is -2.48. The van der Waals surface area contributed by atoms with Gasteiger partial charge in [-0.2, -0.15) is 0 Å². The number of methoxy groups -OCH3 is 6. The van der Waals surface area contributed by atoms with E-state index in [-0.39, 0.29) is 12.0 Å². The number of pyridine rings is 1. The summed E-state index contributed by atoms with van der Waals surface area (Å²) in [4.78, 5) is 22.5. The fourth-order valence-corrected chi connectivity index (χ4v) is 5.88. The molecule has 45 heavy (non-hydrogen) atoms. The van der Waals surface area contributed by atoms with Gasteiger partial charge in [-0.25, -0.2) is 0 Å². The number of hydrogen-bond donors (Lipinski definition) is 0. The molecule has 3 aromatic rings. The summed E-state index contributed by atoms with van der Waals surface area (Å²) < 4.78 is 33.3. The third-order valence-electron chi connectivity index (χ3n) is 8.30. The van der Waals surface area contributed by atoms with E-state index >= 15 is 0 Å². The summed E-state index contributed by atoms with van der Waals surface area (Å²) in [6.07, 6.45) is 4.23. The highest BCUT2D eigenvalue weighted by Gasteiger charge is 2.28. The molecule has 10 heteroatoms. The third kappa shape index (κ3) is 6.92. The Balaban J connectivity index is 1.24. The van der Waals surface area contributed by atoms with Crippen LogP contribution in [0.5, 0.6) is 17.2 Å². The number of allylic oxidation sites excluding steroid dienone is 1. The number of piperazine rings is 1. The van der Waals surface area contributed by atoms with Gasteiger partial charge in [-0.1, -0.05) is 12.1 Å². The molecule has 0 radical (unpaired) electrons. The molecule has 1 fully saturated rings. The number of rotatable bonds is 11. The van der Waals surface area contributed by atoms with Crippen molar-refractivity contribution in [2.75, 3.05) is 68.8 Å². The standard InChI is InChI=1S/C35H41N3O7/c1-40-29-18-26(19-30(41-2)33(29)44-5)24-8-7-9-25(17-24)35(39)38-14-12-37(13-15-38)22-23-10-11-36-28(16-23)27-20-31(42-3)34(45-6)32(21-27)43-4/h7-11,16-20,32H,12-15,21-22H2,1-6H3. The molecule has 1 aromatic heterocycles. The van der Waals surface area contributed by atoms with Gasteiger partial charge in [0.15, 0.2) is 23.0 Å². The van der Waals surface area contributed by atoms with Crippen LogP contribution in [0, 0.1) is 0 Å². The van der Waals surface area contributed by atoms with Crippen LogP contribution in [0.2, 0.25) is 0 Å². The van der Waals surface area contributed by atoms with Gasteiger partial charge in [-0.05, 0) is 64.7 Å². The molecule has 2 aliphatic rings. The number of amides is 1. The number of carbonyl (C=O) groups excluding carboxylic acids is 1. The lowest BCUT2D eigenvalue weighted by molar-refractivity contribution is 0.0628. The van der Waals surface area contributed by atoms with E-state index in [4.69, 9.17) is 28.4 Å². The Morgan fingerprint density at radius 2 is 1.56 bits per heavy atom. The van der Waals surface area contributed by atoms with Crippen LogP contribution in [0.3, 0.4) is 0 Å². The van der Waals surface area contributed by atoms with Gasteiger partial charge in [0, 0.05) is 58.0 Å². The molecule has 0 spiro atoms. The number of aromatic nitrogens is 1. The lowest BCUT2D eigenvalue weighted by Gasteiger charge is -2.35. The van der Waals surface area contributed by atoms with Crippen molar-refractivity contribution in [1.82, 2.24) is 14.8 Å². The highest BCUT2D eigenvalue weighted by molar-refractivity contribution is 5.95. The number of ether oxygens (including phenoxy) is 6. The number of hydrogen-bond acceptors (Lipinski definition) is 9. The highest BCUT2D eigenvalue weighted by Crippen LogP contribution is 2.41. The average Bonchev–Trinajstić information content (AvgIpc) is 3.10. The van der Waals surface area contributed by atoms with Crippen molar-refractivity contribution in [3.63, 3.8) is 0 Å². The van der Waals surface area contributed by atoms with E-state index in [2.05, 4.69) is 16.0 Å². The van der Waals surface area contributed by atoms with Crippen molar-refractivity contribution >= 4 is 11.5 Å². The van der Waals surface area contributed by atoms with Gasteiger partial charge in [0.25, 0.3) is 5.91 Å². The molecule has 2 heterocycles. The maximum Gasteiger partial charge on any atom is 0.253 e. The number of carbonyl (C=O) groups is 1. The maximum absolute atomic E-state index is 13.6. The van der Waals surface area contributed by atoms with Gasteiger partial charge < -0.3 is 33.3 Å². The minimum absolute atomic E-state index is 0.0181. The molecule has 238 valence electrons. The van der Waals surface area contributed by atoms with Crippen molar-refractivity contribution in [3.05, 3.63) is 89.1 Å². The molecule has 2 aromatic carbocycles. The Morgan fingerprint density at radius 3 is 2.18 bits per heavy atom. The van der Waals surface area contributed by atoms with E-state index in [1.54, 1.807) is 42.7 Å². The number of benzene rings is 2. The largest absolute Gasteiger partial charge is 0.494 e. The van der Waals surface area contributed by atoms with Crippen LogP contribution in [-0.4, -0.2) is 95.6 Å². The quantitative estimate of drug-likeness (QED) is 0.294. The zero-order valence-corrected chi connectivity index (χ0v) is 26.8. The first kappa shape index (κ1) is 31.9. The SMILES string of the molecule is COC1=C(OC)C(OC)CC(c2cc(CN3CCN(C(=O)c4cccc(-c5cc(OC)c(OC)c(OC)c5)c4)CC3)ccn2)=C1. The molecule has 0 N–H and O–H groups in total. The molecule has 1 saturated heterocycles. The molecule has 1 aliphatic heterocycles. The van der Waals surface area contributed by atoms with Gasteiger partial charge >= 0.3 is 0 Å². The summed E-state index contributed by atoms with van der Waals surface area (Å²) in [7, 11) is 9.67. The Morgan fingerprint density at radius 1 is 0.822 bits per heavy atom. The predicted molar refractivity (Wildman–Crippen MR) is 171 cm³/mol. The Hall–Kier alpha value is -4.54. The first-order valence-corrected chi connectivity index (χ1v) is 14.9. The third-order valence-corrected chi connectivity index (χ3v) is 8.30. The summed E-state index contributed by atoms with van der Waals surface area (Å²) in [5.74, 6) is 3.00. The van der Waals surface area contributed by atoms with Crippen LogP contribution in [0.25, 0.3) is 16.7 Å². The fraction of sp³-hybridized carbons (Fsp3) is 0.371. The molecule has 1 atom stereocenters. The minimum Gasteiger partial charge on any atom is -0.494 e. The first-order chi connectivity index (χ1) is 21.9. The van der Waals surface area contributed by atoms with Crippen molar-refractivity contribution in [3.8, 4) is 28.4 Å². The monoisotopic (exact) mass is 615 g/mol. The summed E-state index contributed by atoms with van der Waals surface area (Å²) in [6.45, 7) is 3.61. The second-order valence-electron chi connectivity index (χ2n) is 10.8. The van der Waals surface area contributed by atoms with E-state index in [0.717, 1.165) is 47.6 Å². The predicted octanol–water partition coefficient (Wildman–Crippen LogP) is 5.04. The second kappa shape index (κ2) is 14.5. The molecule has 5 rings (SSSR count). The van der Waals surface area contributed by atoms with Crippen LogP contribution < -0.4 is 14.2 Å². The average molecular weight is 616 g/mol.